The van der Waals surface area contributed by atoms with Gasteiger partial charge in [-0.3, -0.25) is 0 Å². The Morgan fingerprint density at radius 3 is 2.63 bits per heavy atom. The largest absolute Gasteiger partial charge is 0.396 e. The van der Waals surface area contributed by atoms with Crippen molar-refractivity contribution >= 4 is 0 Å². The molecule has 2 nitrogen and oxygen atoms in total. The van der Waals surface area contributed by atoms with Crippen LogP contribution in [0.25, 0.3) is 0 Å². The van der Waals surface area contributed by atoms with Gasteiger partial charge in [-0.1, -0.05) is 37.1 Å². The second kappa shape index (κ2) is 6.06. The molecule has 1 aromatic rings. The minimum absolute atomic E-state index is 0.335. The summed E-state index contributed by atoms with van der Waals surface area (Å²) in [7, 11) is 0. The normalized spacial score (nSPS) is 27.4. The van der Waals surface area contributed by atoms with Crippen LogP contribution in [0.3, 0.4) is 0 Å². The molecule has 2 heteroatoms. The van der Waals surface area contributed by atoms with Crippen LogP contribution in [0.2, 0.25) is 0 Å². The molecule has 0 radical (unpaired) electrons. The van der Waals surface area contributed by atoms with Crippen molar-refractivity contribution in [3.8, 4) is 0 Å². The summed E-state index contributed by atoms with van der Waals surface area (Å²) in [6.07, 6.45) is 7.70. The maximum Gasteiger partial charge on any atom is 0.0474 e. The van der Waals surface area contributed by atoms with Gasteiger partial charge in [-0.15, -0.1) is 0 Å². The zero-order valence-corrected chi connectivity index (χ0v) is 11.6. The summed E-state index contributed by atoms with van der Waals surface area (Å²) in [5, 5.41) is 13.2. The second-order valence-corrected chi connectivity index (χ2v) is 6.19. The number of rotatable bonds is 5. The zero-order valence-electron chi connectivity index (χ0n) is 11.6. The van der Waals surface area contributed by atoms with Crippen LogP contribution in [-0.4, -0.2) is 17.8 Å². The predicted molar refractivity (Wildman–Crippen MR) is 78.1 cm³/mol. The molecule has 0 spiro atoms. The van der Waals surface area contributed by atoms with Crippen molar-refractivity contribution in [2.45, 2.75) is 57.0 Å². The molecule has 0 aromatic heterocycles. The molecular formula is C17H25NO. The molecule has 2 aliphatic carbocycles. The SMILES string of the molecule is OCC1CCCCC1NCc1ccccc1C1CC1. The quantitative estimate of drug-likeness (QED) is 0.851. The molecule has 0 aliphatic heterocycles. The van der Waals surface area contributed by atoms with E-state index in [-0.39, 0.29) is 0 Å². The highest BCUT2D eigenvalue weighted by atomic mass is 16.3. The summed E-state index contributed by atoms with van der Waals surface area (Å²) in [4.78, 5) is 0. The van der Waals surface area contributed by atoms with Gasteiger partial charge < -0.3 is 10.4 Å². The number of aliphatic hydroxyl groups excluding tert-OH is 1. The van der Waals surface area contributed by atoms with E-state index in [0.29, 0.717) is 18.6 Å². The fourth-order valence-electron chi connectivity index (χ4n) is 3.42. The van der Waals surface area contributed by atoms with E-state index in [1.807, 2.05) is 0 Å². The molecule has 0 saturated heterocycles. The van der Waals surface area contributed by atoms with Crippen molar-refractivity contribution in [3.63, 3.8) is 0 Å². The Balaban J connectivity index is 1.62. The summed E-state index contributed by atoms with van der Waals surface area (Å²) in [5.41, 5.74) is 3.01. The molecule has 2 atom stereocenters. The van der Waals surface area contributed by atoms with E-state index >= 15 is 0 Å². The zero-order chi connectivity index (χ0) is 13.1. The molecule has 19 heavy (non-hydrogen) atoms. The first kappa shape index (κ1) is 13.1. The van der Waals surface area contributed by atoms with E-state index in [1.54, 1.807) is 5.56 Å². The van der Waals surface area contributed by atoms with Crippen LogP contribution in [0.4, 0.5) is 0 Å². The Morgan fingerprint density at radius 1 is 1.05 bits per heavy atom. The Labute approximate surface area is 116 Å². The maximum atomic E-state index is 9.47. The van der Waals surface area contributed by atoms with E-state index in [9.17, 15) is 5.11 Å². The first-order chi connectivity index (χ1) is 9.38. The average Bonchev–Trinajstić information content (AvgIpc) is 3.30. The highest BCUT2D eigenvalue weighted by molar-refractivity contribution is 5.33. The third kappa shape index (κ3) is 3.18. The van der Waals surface area contributed by atoms with Crippen LogP contribution in [0, 0.1) is 5.92 Å². The first-order valence-electron chi connectivity index (χ1n) is 7.80. The Kier molecular flexibility index (Phi) is 4.19. The topological polar surface area (TPSA) is 32.3 Å². The van der Waals surface area contributed by atoms with E-state index < -0.39 is 0 Å². The van der Waals surface area contributed by atoms with Crippen LogP contribution in [0.5, 0.6) is 0 Å². The van der Waals surface area contributed by atoms with Crippen molar-refractivity contribution in [1.82, 2.24) is 5.32 Å². The highest BCUT2D eigenvalue weighted by Gasteiger charge is 2.27. The molecule has 0 bridgehead atoms. The van der Waals surface area contributed by atoms with Gasteiger partial charge in [-0.2, -0.15) is 0 Å². The molecule has 0 heterocycles. The van der Waals surface area contributed by atoms with Crippen molar-refractivity contribution in [1.29, 1.82) is 0 Å². The van der Waals surface area contributed by atoms with Gasteiger partial charge >= 0.3 is 0 Å². The summed E-state index contributed by atoms with van der Waals surface area (Å²) < 4.78 is 0. The molecule has 104 valence electrons. The number of nitrogens with one attached hydrogen (secondary N) is 1. The predicted octanol–water partition coefficient (Wildman–Crippen LogP) is 3.20. The van der Waals surface area contributed by atoms with Crippen LogP contribution in [0.1, 0.15) is 55.6 Å². The lowest BCUT2D eigenvalue weighted by atomic mass is 9.85. The van der Waals surface area contributed by atoms with Crippen molar-refractivity contribution in [2.75, 3.05) is 6.61 Å². The third-order valence-electron chi connectivity index (χ3n) is 4.77. The summed E-state index contributed by atoms with van der Waals surface area (Å²) in [5.74, 6) is 1.28. The van der Waals surface area contributed by atoms with Gasteiger partial charge in [0.05, 0.1) is 0 Å². The lowest BCUT2D eigenvalue weighted by Crippen LogP contribution is -2.39. The second-order valence-electron chi connectivity index (χ2n) is 6.19. The molecule has 2 unspecified atom stereocenters. The van der Waals surface area contributed by atoms with Crippen LogP contribution in [0.15, 0.2) is 24.3 Å². The lowest BCUT2D eigenvalue weighted by molar-refractivity contribution is 0.152. The molecule has 3 rings (SSSR count). The maximum absolute atomic E-state index is 9.47. The van der Waals surface area contributed by atoms with Crippen molar-refractivity contribution in [3.05, 3.63) is 35.4 Å². The third-order valence-corrected chi connectivity index (χ3v) is 4.77. The molecule has 0 amide bonds. The lowest BCUT2D eigenvalue weighted by Gasteiger charge is -2.31. The van der Waals surface area contributed by atoms with Gasteiger partial charge in [0.15, 0.2) is 0 Å². The molecular weight excluding hydrogens is 234 g/mol. The van der Waals surface area contributed by atoms with Gasteiger partial charge in [-0.05, 0) is 48.6 Å². The standard InChI is InChI=1S/C17H25NO/c19-12-15-6-2-4-8-17(15)18-11-14-5-1-3-7-16(14)13-9-10-13/h1,3,5,7,13,15,17-19H,2,4,6,8-12H2. The van der Waals surface area contributed by atoms with E-state index in [0.717, 1.165) is 12.5 Å². The van der Waals surface area contributed by atoms with E-state index in [4.69, 9.17) is 0 Å². The molecule has 2 aliphatic rings. The monoisotopic (exact) mass is 259 g/mol. The van der Waals surface area contributed by atoms with Crippen molar-refractivity contribution < 1.29 is 5.11 Å². The molecule has 2 saturated carbocycles. The van der Waals surface area contributed by atoms with Crippen LogP contribution >= 0.6 is 0 Å². The molecule has 2 N–H and O–H groups in total. The number of aliphatic hydroxyl groups is 1. The number of benzene rings is 1. The van der Waals surface area contributed by atoms with Crippen LogP contribution in [-0.2, 0) is 6.54 Å². The minimum atomic E-state index is 0.335. The van der Waals surface area contributed by atoms with E-state index in [2.05, 4.69) is 29.6 Å². The van der Waals surface area contributed by atoms with Gasteiger partial charge in [0.25, 0.3) is 0 Å². The summed E-state index contributed by atoms with van der Waals surface area (Å²) >= 11 is 0. The number of hydrogen-bond acceptors (Lipinski definition) is 2. The smallest absolute Gasteiger partial charge is 0.0474 e. The highest BCUT2D eigenvalue weighted by Crippen LogP contribution is 2.41. The fourth-order valence-corrected chi connectivity index (χ4v) is 3.42. The van der Waals surface area contributed by atoms with Gasteiger partial charge in [0.2, 0.25) is 0 Å². The van der Waals surface area contributed by atoms with Crippen LogP contribution < -0.4 is 5.32 Å². The van der Waals surface area contributed by atoms with E-state index in [1.165, 1.54) is 44.1 Å². The first-order valence-corrected chi connectivity index (χ1v) is 7.80. The summed E-state index contributed by atoms with van der Waals surface area (Å²) in [6, 6.07) is 9.36. The molecule has 1 aromatic carbocycles. The Morgan fingerprint density at radius 2 is 1.84 bits per heavy atom. The fraction of sp³-hybridized carbons (Fsp3) is 0.647. The minimum Gasteiger partial charge on any atom is -0.396 e. The average molecular weight is 259 g/mol. The van der Waals surface area contributed by atoms with Crippen molar-refractivity contribution in [2.24, 2.45) is 5.92 Å². The Hall–Kier alpha value is -0.860. The molecule has 2 fully saturated rings. The Bertz CT molecular complexity index is 413. The van der Waals surface area contributed by atoms with Gasteiger partial charge in [0, 0.05) is 19.2 Å². The number of hydrogen-bond donors (Lipinski definition) is 2. The van der Waals surface area contributed by atoms with Gasteiger partial charge in [-0.25, -0.2) is 0 Å². The van der Waals surface area contributed by atoms with Gasteiger partial charge in [0.1, 0.15) is 0 Å². The summed E-state index contributed by atoms with van der Waals surface area (Å²) in [6.45, 7) is 1.30.